The van der Waals surface area contributed by atoms with Crippen molar-refractivity contribution in [3.63, 3.8) is 0 Å². The first kappa shape index (κ1) is 15.9. The first-order chi connectivity index (χ1) is 8.16. The van der Waals surface area contributed by atoms with Crippen LogP contribution in [0.5, 0.6) is 0 Å². The molecule has 0 aliphatic carbocycles. The molecule has 1 aliphatic heterocycles. The van der Waals surface area contributed by atoms with Crippen molar-refractivity contribution in [2.75, 3.05) is 20.1 Å². The molecule has 0 radical (unpaired) electrons. The number of nitrogens with one attached hydrogen (secondary N) is 1. The number of piperidine rings is 1. The van der Waals surface area contributed by atoms with Gasteiger partial charge in [-0.05, 0) is 44.6 Å². The summed E-state index contributed by atoms with van der Waals surface area (Å²) in [4.78, 5) is 10.2. The van der Waals surface area contributed by atoms with Crippen LogP contribution in [0.4, 0.5) is 0 Å². The molecular formula is C11H17Cl3N4. The topological polar surface area (TPSA) is 41.1 Å². The molecule has 1 aliphatic rings. The van der Waals surface area contributed by atoms with E-state index in [-0.39, 0.29) is 17.7 Å². The van der Waals surface area contributed by atoms with Gasteiger partial charge in [0, 0.05) is 24.3 Å². The minimum absolute atomic E-state index is 0. The summed E-state index contributed by atoms with van der Waals surface area (Å²) < 4.78 is 0. The Hall–Kier alpha value is -0.130. The van der Waals surface area contributed by atoms with Crippen molar-refractivity contribution in [2.24, 2.45) is 0 Å². The van der Waals surface area contributed by atoms with Crippen molar-refractivity contribution in [1.82, 2.24) is 20.2 Å². The van der Waals surface area contributed by atoms with Crippen LogP contribution in [0.15, 0.2) is 6.20 Å². The number of nitrogens with zero attached hydrogens (tertiary/aromatic N) is 3. The molecule has 0 aromatic carbocycles. The molecule has 1 N–H and O–H groups in total. The van der Waals surface area contributed by atoms with Crippen LogP contribution in [0.1, 0.15) is 18.4 Å². The first-order valence-electron chi connectivity index (χ1n) is 5.74. The predicted octanol–water partition coefficient (Wildman–Crippen LogP) is 2.39. The highest BCUT2D eigenvalue weighted by Crippen LogP contribution is 2.18. The molecule has 4 nitrogen and oxygen atoms in total. The molecule has 0 amide bonds. The summed E-state index contributed by atoms with van der Waals surface area (Å²) in [5.41, 5.74) is 0.928. The summed E-state index contributed by atoms with van der Waals surface area (Å²) in [5.74, 6) is 0. The highest BCUT2D eigenvalue weighted by Gasteiger charge is 2.18. The van der Waals surface area contributed by atoms with Gasteiger partial charge < -0.3 is 5.32 Å². The summed E-state index contributed by atoms with van der Waals surface area (Å²) >= 11 is 11.7. The number of aromatic nitrogens is 2. The fraction of sp³-hybridized carbons (Fsp3) is 0.636. The second-order valence-corrected chi connectivity index (χ2v) is 5.05. The van der Waals surface area contributed by atoms with Gasteiger partial charge in [0.25, 0.3) is 0 Å². The molecule has 2 rings (SSSR count). The van der Waals surface area contributed by atoms with Crippen molar-refractivity contribution < 1.29 is 0 Å². The van der Waals surface area contributed by atoms with Crippen LogP contribution >= 0.6 is 35.6 Å². The van der Waals surface area contributed by atoms with Crippen molar-refractivity contribution in [3.05, 3.63) is 22.2 Å². The lowest BCUT2D eigenvalue weighted by Crippen LogP contribution is -2.40. The lowest BCUT2D eigenvalue weighted by molar-refractivity contribution is 0.191. The van der Waals surface area contributed by atoms with Crippen molar-refractivity contribution in [1.29, 1.82) is 0 Å². The lowest BCUT2D eigenvalue weighted by atomic mass is 10.1. The van der Waals surface area contributed by atoms with E-state index < -0.39 is 0 Å². The molecule has 7 heteroatoms. The summed E-state index contributed by atoms with van der Waals surface area (Å²) in [7, 11) is 2.11. The van der Waals surface area contributed by atoms with E-state index >= 15 is 0 Å². The lowest BCUT2D eigenvalue weighted by Gasteiger charge is -2.31. The van der Waals surface area contributed by atoms with Crippen molar-refractivity contribution >= 4 is 35.6 Å². The van der Waals surface area contributed by atoms with E-state index in [1.807, 2.05) is 0 Å². The fourth-order valence-electron chi connectivity index (χ4n) is 2.12. The third kappa shape index (κ3) is 4.21. The number of halogens is 3. The van der Waals surface area contributed by atoms with E-state index in [9.17, 15) is 0 Å². The predicted molar refractivity (Wildman–Crippen MR) is 76.7 cm³/mol. The third-order valence-corrected chi connectivity index (χ3v) is 3.64. The molecule has 0 atom stereocenters. The van der Waals surface area contributed by atoms with Crippen LogP contribution in [-0.4, -0.2) is 41.0 Å². The van der Waals surface area contributed by atoms with Crippen LogP contribution in [0.2, 0.25) is 10.4 Å². The summed E-state index contributed by atoms with van der Waals surface area (Å²) in [6.45, 7) is 2.93. The van der Waals surface area contributed by atoms with Gasteiger partial charge in [-0.15, -0.1) is 12.4 Å². The Kier molecular flexibility index (Phi) is 6.60. The number of hydrogen-bond acceptors (Lipinski definition) is 4. The molecule has 0 unspecified atom stereocenters. The number of rotatable bonds is 3. The first-order valence-corrected chi connectivity index (χ1v) is 6.50. The Morgan fingerprint density at radius 1 is 1.39 bits per heavy atom. The highest BCUT2D eigenvalue weighted by atomic mass is 35.5. The summed E-state index contributed by atoms with van der Waals surface area (Å²) in [5, 5.41) is 4.00. The van der Waals surface area contributed by atoms with Gasteiger partial charge in [0.2, 0.25) is 5.28 Å². The van der Waals surface area contributed by atoms with Crippen LogP contribution in [0.25, 0.3) is 0 Å². The zero-order valence-electron chi connectivity index (χ0n) is 10.2. The molecule has 0 saturated carbocycles. The quantitative estimate of drug-likeness (QED) is 0.687. The van der Waals surface area contributed by atoms with Crippen LogP contribution < -0.4 is 5.32 Å². The van der Waals surface area contributed by atoms with E-state index in [0.29, 0.717) is 11.2 Å². The second kappa shape index (κ2) is 7.46. The second-order valence-electron chi connectivity index (χ2n) is 4.35. The molecule has 1 aromatic rings. The van der Waals surface area contributed by atoms with Crippen LogP contribution in [-0.2, 0) is 6.54 Å². The SMILES string of the molecule is CN(Cc1cnc(Cl)nc1Cl)C1CCNCC1.Cl. The Balaban J connectivity index is 0.00000162. The van der Waals surface area contributed by atoms with Crippen molar-refractivity contribution in [3.8, 4) is 0 Å². The Morgan fingerprint density at radius 2 is 2.06 bits per heavy atom. The maximum atomic E-state index is 6.04. The molecule has 0 bridgehead atoms. The minimum Gasteiger partial charge on any atom is -0.317 e. The van der Waals surface area contributed by atoms with E-state index in [4.69, 9.17) is 23.2 Å². The Morgan fingerprint density at radius 3 is 2.67 bits per heavy atom. The molecule has 1 aromatic heterocycles. The van der Waals surface area contributed by atoms with Gasteiger partial charge in [0.05, 0.1) is 0 Å². The molecule has 2 heterocycles. The van der Waals surface area contributed by atoms with Gasteiger partial charge in [0.1, 0.15) is 5.15 Å². The van der Waals surface area contributed by atoms with E-state index in [0.717, 1.165) is 25.2 Å². The molecule has 18 heavy (non-hydrogen) atoms. The fourth-order valence-corrected chi connectivity index (χ4v) is 2.48. The normalized spacial score (nSPS) is 16.7. The van der Waals surface area contributed by atoms with E-state index in [1.165, 1.54) is 12.8 Å². The van der Waals surface area contributed by atoms with E-state index in [1.54, 1.807) is 6.20 Å². The Labute approximate surface area is 123 Å². The van der Waals surface area contributed by atoms with Gasteiger partial charge in [0.15, 0.2) is 0 Å². The summed E-state index contributed by atoms with van der Waals surface area (Å²) in [6, 6.07) is 0.600. The average molecular weight is 312 g/mol. The molecular weight excluding hydrogens is 295 g/mol. The maximum Gasteiger partial charge on any atom is 0.223 e. The molecule has 1 fully saturated rings. The zero-order chi connectivity index (χ0) is 12.3. The maximum absolute atomic E-state index is 6.04. The van der Waals surface area contributed by atoms with Gasteiger partial charge in [-0.25, -0.2) is 9.97 Å². The Bertz CT molecular complexity index is 383. The zero-order valence-corrected chi connectivity index (χ0v) is 12.5. The van der Waals surface area contributed by atoms with Gasteiger partial charge >= 0.3 is 0 Å². The monoisotopic (exact) mass is 310 g/mol. The molecule has 1 saturated heterocycles. The third-order valence-electron chi connectivity index (χ3n) is 3.13. The number of hydrogen-bond donors (Lipinski definition) is 1. The standard InChI is InChI=1S/C11H16Cl2N4.ClH/c1-17(9-2-4-14-5-3-9)7-8-6-15-11(13)16-10(8)12;/h6,9,14H,2-5,7H2,1H3;1H. The van der Waals surface area contributed by atoms with Gasteiger partial charge in [-0.3, -0.25) is 4.90 Å². The highest BCUT2D eigenvalue weighted by molar-refractivity contribution is 6.32. The van der Waals surface area contributed by atoms with E-state index in [2.05, 4.69) is 27.2 Å². The minimum atomic E-state index is 0. The molecule has 102 valence electrons. The van der Waals surface area contributed by atoms with Crippen LogP contribution in [0.3, 0.4) is 0 Å². The summed E-state index contributed by atoms with van der Waals surface area (Å²) in [6.07, 6.45) is 4.04. The van der Waals surface area contributed by atoms with Crippen LogP contribution in [0, 0.1) is 0 Å². The van der Waals surface area contributed by atoms with Crippen molar-refractivity contribution in [2.45, 2.75) is 25.4 Å². The largest absolute Gasteiger partial charge is 0.317 e. The smallest absolute Gasteiger partial charge is 0.223 e. The molecule has 0 spiro atoms. The van der Waals surface area contributed by atoms with Gasteiger partial charge in [-0.1, -0.05) is 11.6 Å². The van der Waals surface area contributed by atoms with Gasteiger partial charge in [-0.2, -0.15) is 0 Å². The average Bonchev–Trinajstić information content (AvgIpc) is 2.34.